The first-order chi connectivity index (χ1) is 11.2. The van der Waals surface area contributed by atoms with Crippen LogP contribution < -0.4 is 10.8 Å². The molecule has 1 saturated carbocycles. The third kappa shape index (κ3) is 3.60. The number of allylic oxidation sites excluding steroid dienone is 1. The summed E-state index contributed by atoms with van der Waals surface area (Å²) in [7, 11) is 0. The molecule has 1 heterocycles. The summed E-state index contributed by atoms with van der Waals surface area (Å²) in [6.07, 6.45) is 4.49. The molecule has 6 heteroatoms. The Morgan fingerprint density at radius 3 is 2.65 bits per heavy atom. The lowest BCUT2D eigenvalue weighted by atomic mass is 9.90. The number of fused-ring (bicyclic) bond motifs is 1. The van der Waals surface area contributed by atoms with Gasteiger partial charge in [0.25, 0.3) is 11.8 Å². The fourth-order valence-electron chi connectivity index (χ4n) is 2.95. The van der Waals surface area contributed by atoms with Gasteiger partial charge in [0.15, 0.2) is 0 Å². The van der Waals surface area contributed by atoms with Crippen LogP contribution >= 0.6 is 0 Å². The van der Waals surface area contributed by atoms with Crippen molar-refractivity contribution in [2.24, 2.45) is 0 Å². The molecule has 6 nitrogen and oxygen atoms in total. The molecule has 2 amide bonds. The van der Waals surface area contributed by atoms with Gasteiger partial charge in [-0.2, -0.15) is 0 Å². The Hall–Kier alpha value is -2.60. The highest BCUT2D eigenvalue weighted by Gasteiger charge is 2.20. The van der Waals surface area contributed by atoms with Gasteiger partial charge in [-0.3, -0.25) is 14.8 Å². The number of hydrogen-bond acceptors (Lipinski definition) is 3. The summed E-state index contributed by atoms with van der Waals surface area (Å²) in [6.45, 7) is 0. The minimum absolute atomic E-state index is 0.100. The van der Waals surface area contributed by atoms with Crippen LogP contribution in [-0.4, -0.2) is 28.0 Å². The van der Waals surface area contributed by atoms with E-state index in [4.69, 9.17) is 5.21 Å². The summed E-state index contributed by atoms with van der Waals surface area (Å²) in [5.41, 5.74) is 4.10. The van der Waals surface area contributed by atoms with Crippen LogP contribution in [0.3, 0.4) is 0 Å². The molecular formula is C17H19N3O3. The highest BCUT2D eigenvalue weighted by Crippen LogP contribution is 2.24. The number of nitrogens with one attached hydrogen (secondary N) is 3. The summed E-state index contributed by atoms with van der Waals surface area (Å²) in [6, 6.07) is 9.73. The second kappa shape index (κ2) is 6.66. The van der Waals surface area contributed by atoms with Crippen LogP contribution in [0.5, 0.6) is 0 Å². The van der Waals surface area contributed by atoms with E-state index in [1.165, 1.54) is 6.08 Å². The minimum atomic E-state index is -0.499. The molecule has 2 aromatic rings. The predicted molar refractivity (Wildman–Crippen MR) is 86.0 cm³/mol. The van der Waals surface area contributed by atoms with Crippen molar-refractivity contribution in [2.45, 2.75) is 31.7 Å². The van der Waals surface area contributed by atoms with Crippen LogP contribution in [0.1, 0.15) is 36.2 Å². The first-order valence-electron chi connectivity index (χ1n) is 7.68. The van der Waals surface area contributed by atoms with Gasteiger partial charge in [0.05, 0.1) is 0 Å². The van der Waals surface area contributed by atoms with Crippen molar-refractivity contribution in [2.75, 3.05) is 0 Å². The lowest BCUT2D eigenvalue weighted by Gasteiger charge is -2.24. The molecule has 0 bridgehead atoms. The molecule has 0 saturated heterocycles. The SMILES string of the molecule is O=C(C=C1CCC(NC(=O)c2cc3ccccc3[nH]2)CC1)NO. The van der Waals surface area contributed by atoms with Crippen molar-refractivity contribution in [1.29, 1.82) is 0 Å². The molecule has 0 unspecified atom stereocenters. The smallest absolute Gasteiger partial charge is 0.267 e. The van der Waals surface area contributed by atoms with Crippen LogP contribution in [0.2, 0.25) is 0 Å². The number of amides is 2. The maximum atomic E-state index is 12.3. The third-order valence-corrected chi connectivity index (χ3v) is 4.18. The average Bonchev–Trinajstić information content (AvgIpc) is 3.00. The van der Waals surface area contributed by atoms with Crippen molar-refractivity contribution >= 4 is 22.7 Å². The number of hydrogen-bond donors (Lipinski definition) is 4. The summed E-state index contributed by atoms with van der Waals surface area (Å²) in [5, 5.41) is 12.6. The second-order valence-corrected chi connectivity index (χ2v) is 5.80. The number of carbonyl (C=O) groups is 2. The maximum absolute atomic E-state index is 12.3. The van der Waals surface area contributed by atoms with E-state index in [9.17, 15) is 9.59 Å². The Bertz CT molecular complexity index is 720. The van der Waals surface area contributed by atoms with Crippen LogP contribution in [-0.2, 0) is 4.79 Å². The van der Waals surface area contributed by atoms with Crippen molar-refractivity contribution in [3.8, 4) is 0 Å². The maximum Gasteiger partial charge on any atom is 0.267 e. The van der Waals surface area contributed by atoms with Gasteiger partial charge >= 0.3 is 0 Å². The van der Waals surface area contributed by atoms with Crippen molar-refractivity contribution in [1.82, 2.24) is 15.8 Å². The first kappa shape index (κ1) is 15.3. The molecule has 0 aliphatic heterocycles. The number of rotatable bonds is 3. The number of benzene rings is 1. The number of hydroxylamine groups is 1. The Morgan fingerprint density at radius 1 is 1.22 bits per heavy atom. The zero-order chi connectivity index (χ0) is 16.2. The fourth-order valence-corrected chi connectivity index (χ4v) is 2.95. The molecule has 0 spiro atoms. The lowest BCUT2D eigenvalue weighted by molar-refractivity contribution is -0.124. The molecule has 1 fully saturated rings. The standard InChI is InChI=1S/C17H19N3O3/c21-16(20-23)9-11-5-7-13(8-6-11)18-17(22)15-10-12-3-1-2-4-14(12)19-15/h1-4,9-10,13,19,23H,5-8H2,(H,18,22)(H,20,21). The molecule has 1 aliphatic carbocycles. The Balaban J connectivity index is 1.59. The van der Waals surface area contributed by atoms with E-state index >= 15 is 0 Å². The number of aromatic amines is 1. The quantitative estimate of drug-likeness (QED) is 0.398. The van der Waals surface area contributed by atoms with E-state index in [1.54, 1.807) is 5.48 Å². The highest BCUT2D eigenvalue weighted by molar-refractivity contribution is 5.98. The van der Waals surface area contributed by atoms with Crippen LogP contribution in [0.25, 0.3) is 10.9 Å². The molecule has 1 aromatic heterocycles. The average molecular weight is 313 g/mol. The van der Waals surface area contributed by atoms with Crippen molar-refractivity contribution in [3.63, 3.8) is 0 Å². The van der Waals surface area contributed by atoms with E-state index in [0.717, 1.165) is 42.2 Å². The van der Waals surface area contributed by atoms with Crippen molar-refractivity contribution < 1.29 is 14.8 Å². The topological polar surface area (TPSA) is 94.2 Å². The Labute approximate surface area is 133 Å². The summed E-state index contributed by atoms with van der Waals surface area (Å²) in [5.74, 6) is -0.604. The molecule has 1 aromatic carbocycles. The molecular weight excluding hydrogens is 294 g/mol. The van der Waals surface area contributed by atoms with E-state index < -0.39 is 5.91 Å². The van der Waals surface area contributed by atoms with E-state index in [0.29, 0.717) is 5.69 Å². The van der Waals surface area contributed by atoms with Crippen LogP contribution in [0, 0.1) is 0 Å². The van der Waals surface area contributed by atoms with Gasteiger partial charge in [-0.05, 0) is 37.8 Å². The lowest BCUT2D eigenvalue weighted by Crippen LogP contribution is -2.36. The summed E-state index contributed by atoms with van der Waals surface area (Å²) >= 11 is 0. The van der Waals surface area contributed by atoms with Crippen LogP contribution in [0.15, 0.2) is 42.0 Å². The van der Waals surface area contributed by atoms with Crippen molar-refractivity contribution in [3.05, 3.63) is 47.7 Å². The highest BCUT2D eigenvalue weighted by atomic mass is 16.5. The summed E-state index contributed by atoms with van der Waals surface area (Å²) < 4.78 is 0. The second-order valence-electron chi connectivity index (χ2n) is 5.80. The molecule has 4 N–H and O–H groups in total. The van der Waals surface area contributed by atoms with Gasteiger partial charge in [-0.1, -0.05) is 23.8 Å². The first-order valence-corrected chi connectivity index (χ1v) is 7.68. The third-order valence-electron chi connectivity index (χ3n) is 4.18. The number of aromatic nitrogens is 1. The largest absolute Gasteiger partial charge is 0.351 e. The monoisotopic (exact) mass is 313 g/mol. The normalized spacial score (nSPS) is 17.8. The molecule has 3 rings (SSSR count). The van der Waals surface area contributed by atoms with Gasteiger partial charge in [0.1, 0.15) is 5.69 Å². The number of para-hydroxylation sites is 1. The summed E-state index contributed by atoms with van der Waals surface area (Å²) in [4.78, 5) is 26.6. The van der Waals surface area contributed by atoms with E-state index in [2.05, 4.69) is 10.3 Å². The molecule has 0 atom stereocenters. The van der Waals surface area contributed by atoms with Gasteiger partial charge in [-0.25, -0.2) is 5.48 Å². The van der Waals surface area contributed by atoms with Gasteiger partial charge in [0.2, 0.25) is 0 Å². The minimum Gasteiger partial charge on any atom is -0.351 e. The molecule has 23 heavy (non-hydrogen) atoms. The zero-order valence-corrected chi connectivity index (χ0v) is 12.6. The zero-order valence-electron chi connectivity index (χ0n) is 12.6. The van der Waals surface area contributed by atoms with E-state index in [1.807, 2.05) is 30.3 Å². The molecule has 0 radical (unpaired) electrons. The predicted octanol–water partition coefficient (Wildman–Crippen LogP) is 2.27. The Morgan fingerprint density at radius 2 is 1.96 bits per heavy atom. The molecule has 1 aliphatic rings. The molecule has 120 valence electrons. The van der Waals surface area contributed by atoms with Gasteiger partial charge in [-0.15, -0.1) is 0 Å². The van der Waals surface area contributed by atoms with Gasteiger partial charge in [0, 0.05) is 23.0 Å². The van der Waals surface area contributed by atoms with E-state index in [-0.39, 0.29) is 11.9 Å². The van der Waals surface area contributed by atoms with Crippen LogP contribution in [0.4, 0.5) is 0 Å². The number of H-pyrrole nitrogens is 1. The Kier molecular flexibility index (Phi) is 4.43. The fraction of sp³-hybridized carbons (Fsp3) is 0.294. The number of carbonyl (C=O) groups excluding carboxylic acids is 2. The van der Waals surface area contributed by atoms with Gasteiger partial charge < -0.3 is 10.3 Å².